The minimum absolute atomic E-state index is 0.0913. The van der Waals surface area contributed by atoms with Crippen LogP contribution in [0.4, 0.5) is 0 Å². The molecule has 4 rings (SSSR count). The molecule has 0 radical (unpaired) electrons. The Bertz CT molecular complexity index is 1080. The predicted octanol–water partition coefficient (Wildman–Crippen LogP) is 3.93. The van der Waals surface area contributed by atoms with Crippen LogP contribution in [0.1, 0.15) is 36.1 Å². The van der Waals surface area contributed by atoms with Gasteiger partial charge in [-0.15, -0.1) is 0 Å². The van der Waals surface area contributed by atoms with Crippen LogP contribution in [0.15, 0.2) is 35.9 Å². The number of amides is 1. The normalized spacial score (nSPS) is 17.8. The number of fused-ring (bicyclic) bond motifs is 1. The van der Waals surface area contributed by atoms with Crippen LogP contribution in [0.25, 0.3) is 6.08 Å². The zero-order valence-electron chi connectivity index (χ0n) is 21.8. The molecule has 8 heteroatoms. The van der Waals surface area contributed by atoms with Gasteiger partial charge in [-0.3, -0.25) is 9.69 Å². The van der Waals surface area contributed by atoms with E-state index in [1.807, 2.05) is 48.2 Å². The summed E-state index contributed by atoms with van der Waals surface area (Å²) in [7, 11) is 6.50. The highest BCUT2D eigenvalue weighted by Gasteiger charge is 2.30. The van der Waals surface area contributed by atoms with Gasteiger partial charge in [-0.2, -0.15) is 0 Å². The first-order chi connectivity index (χ1) is 17.5. The number of carbonyl (C=O) groups is 1. The number of ether oxygens (including phenoxy) is 5. The lowest BCUT2D eigenvalue weighted by Gasteiger charge is -2.36. The molecule has 8 nitrogen and oxygen atoms in total. The molecule has 1 heterocycles. The first-order valence-electron chi connectivity index (χ1n) is 12.3. The van der Waals surface area contributed by atoms with Gasteiger partial charge >= 0.3 is 0 Å². The largest absolute Gasteiger partial charge is 0.497 e. The molecule has 36 heavy (non-hydrogen) atoms. The second-order valence-corrected chi connectivity index (χ2v) is 8.91. The number of carbonyl (C=O) groups excluding carboxylic acids is 1. The summed E-state index contributed by atoms with van der Waals surface area (Å²) in [4.78, 5) is 17.7. The van der Waals surface area contributed by atoms with Crippen molar-refractivity contribution < 1.29 is 28.5 Å². The lowest BCUT2D eigenvalue weighted by Crippen LogP contribution is -2.48. The average Bonchev–Trinajstić information content (AvgIpc) is 2.92. The van der Waals surface area contributed by atoms with Crippen molar-refractivity contribution in [2.24, 2.45) is 0 Å². The maximum Gasteiger partial charge on any atom is 0.249 e. The molecule has 2 aromatic carbocycles. The van der Waals surface area contributed by atoms with Crippen molar-refractivity contribution in [3.05, 3.63) is 52.6 Å². The summed E-state index contributed by atoms with van der Waals surface area (Å²) in [5.74, 6) is 2.77. The summed E-state index contributed by atoms with van der Waals surface area (Å²) in [6.07, 6.45) is 2.43. The molecule has 0 N–H and O–H groups in total. The Morgan fingerprint density at radius 1 is 0.917 bits per heavy atom. The third kappa shape index (κ3) is 5.44. The minimum Gasteiger partial charge on any atom is -0.497 e. The summed E-state index contributed by atoms with van der Waals surface area (Å²) >= 11 is 0. The summed E-state index contributed by atoms with van der Waals surface area (Å²) in [5.41, 5.74) is 3.96. The van der Waals surface area contributed by atoms with Gasteiger partial charge < -0.3 is 28.6 Å². The molecule has 1 aliphatic heterocycles. The van der Waals surface area contributed by atoms with Crippen LogP contribution in [0.3, 0.4) is 0 Å². The van der Waals surface area contributed by atoms with E-state index in [2.05, 4.69) is 4.90 Å². The molecule has 1 unspecified atom stereocenters. The van der Waals surface area contributed by atoms with Crippen molar-refractivity contribution in [1.29, 1.82) is 0 Å². The Hall–Kier alpha value is -3.23. The van der Waals surface area contributed by atoms with E-state index in [1.165, 1.54) is 0 Å². The van der Waals surface area contributed by atoms with E-state index in [0.29, 0.717) is 43.4 Å². The molecule has 0 aromatic heterocycles. The van der Waals surface area contributed by atoms with E-state index in [9.17, 15) is 4.79 Å². The minimum atomic E-state index is -0.148. The van der Waals surface area contributed by atoms with Crippen molar-refractivity contribution in [3.63, 3.8) is 0 Å². The monoisotopic (exact) mass is 496 g/mol. The standard InChI is InChI=1S/C28H36N2O6/c1-6-36-24-16-21(15-20-7-8-22(32-2)17-23(20)24)28(31)30-11-9-29(10-12-30)18-19-13-25(33-3)27(35-5)26(14-19)34-4/h7-8,13-15,17,24H,6,9-12,16,18H2,1-5H3. The Morgan fingerprint density at radius 2 is 1.61 bits per heavy atom. The van der Waals surface area contributed by atoms with Crippen molar-refractivity contribution >= 4 is 12.0 Å². The van der Waals surface area contributed by atoms with Crippen molar-refractivity contribution in [2.45, 2.75) is 26.0 Å². The average molecular weight is 497 g/mol. The van der Waals surface area contributed by atoms with Gasteiger partial charge in [0.1, 0.15) is 5.75 Å². The smallest absolute Gasteiger partial charge is 0.249 e. The van der Waals surface area contributed by atoms with Gasteiger partial charge in [0.15, 0.2) is 11.5 Å². The molecule has 1 fully saturated rings. The lowest BCUT2D eigenvalue weighted by molar-refractivity contribution is -0.129. The zero-order chi connectivity index (χ0) is 25.7. The Kier molecular flexibility index (Phi) is 8.38. The summed E-state index contributed by atoms with van der Waals surface area (Å²) < 4.78 is 27.8. The quantitative estimate of drug-likeness (QED) is 0.521. The fraction of sp³-hybridized carbons (Fsp3) is 0.464. The van der Waals surface area contributed by atoms with Crippen LogP contribution >= 0.6 is 0 Å². The molecule has 1 aliphatic carbocycles. The van der Waals surface area contributed by atoms with E-state index >= 15 is 0 Å². The summed E-state index contributed by atoms with van der Waals surface area (Å²) in [5, 5.41) is 0. The topological polar surface area (TPSA) is 69.7 Å². The fourth-order valence-electron chi connectivity index (χ4n) is 4.94. The van der Waals surface area contributed by atoms with E-state index in [1.54, 1.807) is 28.4 Å². The Labute approximate surface area is 213 Å². The van der Waals surface area contributed by atoms with Gasteiger partial charge in [-0.05, 0) is 54.0 Å². The molecular weight excluding hydrogens is 460 g/mol. The Morgan fingerprint density at radius 3 is 2.19 bits per heavy atom. The number of nitrogens with zero attached hydrogens (tertiary/aromatic N) is 2. The molecular formula is C28H36N2O6. The summed E-state index contributed by atoms with van der Waals surface area (Å²) in [6, 6.07) is 9.89. The van der Waals surface area contributed by atoms with Crippen molar-refractivity contribution in [1.82, 2.24) is 9.80 Å². The van der Waals surface area contributed by atoms with E-state index in [4.69, 9.17) is 23.7 Å². The Balaban J connectivity index is 1.42. The summed E-state index contributed by atoms with van der Waals surface area (Å²) in [6.45, 7) is 6.24. The van der Waals surface area contributed by atoms with Crippen molar-refractivity contribution in [3.8, 4) is 23.0 Å². The number of methoxy groups -OCH3 is 4. The molecule has 2 aromatic rings. The molecule has 0 spiro atoms. The van der Waals surface area contributed by atoms with Gasteiger partial charge in [0.2, 0.25) is 11.7 Å². The van der Waals surface area contributed by atoms with Crippen LogP contribution in [-0.4, -0.2) is 76.9 Å². The lowest BCUT2D eigenvalue weighted by atomic mass is 9.88. The number of hydrogen-bond acceptors (Lipinski definition) is 7. The van der Waals surface area contributed by atoms with E-state index in [0.717, 1.165) is 47.6 Å². The van der Waals surface area contributed by atoms with Gasteiger partial charge in [-0.25, -0.2) is 0 Å². The van der Waals surface area contributed by atoms with Crippen LogP contribution in [0, 0.1) is 0 Å². The number of benzene rings is 2. The zero-order valence-corrected chi connectivity index (χ0v) is 21.8. The fourth-order valence-corrected chi connectivity index (χ4v) is 4.94. The number of hydrogen-bond donors (Lipinski definition) is 0. The maximum atomic E-state index is 13.5. The first kappa shape index (κ1) is 25.9. The van der Waals surface area contributed by atoms with Crippen LogP contribution in [0.2, 0.25) is 0 Å². The second kappa shape index (κ2) is 11.7. The van der Waals surface area contributed by atoms with Gasteiger partial charge in [-0.1, -0.05) is 6.07 Å². The predicted molar refractivity (Wildman–Crippen MR) is 138 cm³/mol. The number of piperazine rings is 1. The SMILES string of the molecule is CCOC1CC(C(=O)N2CCN(Cc3cc(OC)c(OC)c(OC)c3)CC2)=Cc2ccc(OC)cc21. The van der Waals surface area contributed by atoms with E-state index < -0.39 is 0 Å². The van der Waals surface area contributed by atoms with E-state index in [-0.39, 0.29) is 12.0 Å². The highest BCUT2D eigenvalue weighted by Crippen LogP contribution is 2.39. The first-order valence-corrected chi connectivity index (χ1v) is 12.3. The van der Waals surface area contributed by atoms with Crippen LogP contribution in [-0.2, 0) is 16.1 Å². The molecule has 0 bridgehead atoms. The molecule has 194 valence electrons. The van der Waals surface area contributed by atoms with Gasteiger partial charge in [0.25, 0.3) is 0 Å². The molecule has 1 atom stereocenters. The van der Waals surface area contributed by atoms with Crippen LogP contribution < -0.4 is 18.9 Å². The molecule has 1 saturated heterocycles. The maximum absolute atomic E-state index is 13.5. The van der Waals surface area contributed by atoms with Gasteiger partial charge in [0, 0.05) is 51.3 Å². The highest BCUT2D eigenvalue weighted by molar-refractivity contribution is 5.99. The van der Waals surface area contributed by atoms with Gasteiger partial charge in [0.05, 0.1) is 34.5 Å². The number of rotatable bonds is 9. The van der Waals surface area contributed by atoms with Crippen LogP contribution in [0.5, 0.6) is 23.0 Å². The molecule has 2 aliphatic rings. The van der Waals surface area contributed by atoms with Crippen molar-refractivity contribution in [2.75, 3.05) is 61.2 Å². The third-order valence-corrected chi connectivity index (χ3v) is 6.81. The molecule has 0 saturated carbocycles. The molecule has 1 amide bonds. The third-order valence-electron chi connectivity index (χ3n) is 6.81. The highest BCUT2D eigenvalue weighted by atomic mass is 16.5. The second-order valence-electron chi connectivity index (χ2n) is 8.91.